The average Bonchev–Trinajstić information content (AvgIpc) is 2.37. The van der Waals surface area contributed by atoms with Gasteiger partial charge in [-0.3, -0.25) is 0 Å². The second kappa shape index (κ2) is 5.30. The van der Waals surface area contributed by atoms with Gasteiger partial charge in [0.15, 0.2) is 0 Å². The molecule has 1 nitrogen and oxygen atoms in total. The van der Waals surface area contributed by atoms with Crippen molar-refractivity contribution in [3.05, 3.63) is 53.6 Å². The summed E-state index contributed by atoms with van der Waals surface area (Å²) in [6.07, 6.45) is 0.551. The van der Waals surface area contributed by atoms with E-state index < -0.39 is 6.36 Å². The summed E-state index contributed by atoms with van der Waals surface area (Å²) in [5.74, 6) is 2.14. The quantitative estimate of drug-likeness (QED) is 0.732. The van der Waals surface area contributed by atoms with E-state index in [1.54, 1.807) is 18.2 Å². The van der Waals surface area contributed by atoms with E-state index in [0.29, 0.717) is 16.7 Å². The van der Waals surface area contributed by atoms with E-state index >= 15 is 0 Å². The predicted molar refractivity (Wildman–Crippen MR) is 71.2 cm³/mol. The molecule has 0 heterocycles. The molecule has 0 saturated carbocycles. The maximum Gasteiger partial charge on any atom is 0.573 e. The SMILES string of the molecule is C#Cc1ccc(OC(F)(F)F)c(-c2cccc(C)c2)c1. The number of aryl methyl sites for hydroxylation is 1. The second-order valence-electron chi connectivity index (χ2n) is 4.27. The van der Waals surface area contributed by atoms with Crippen LogP contribution in [0.3, 0.4) is 0 Å². The van der Waals surface area contributed by atoms with Gasteiger partial charge in [0.25, 0.3) is 0 Å². The molecule has 0 unspecified atom stereocenters. The summed E-state index contributed by atoms with van der Waals surface area (Å²) < 4.78 is 41.4. The van der Waals surface area contributed by atoms with Crippen LogP contribution in [0.1, 0.15) is 11.1 Å². The Labute approximate surface area is 115 Å². The van der Waals surface area contributed by atoms with Gasteiger partial charge in [-0.05, 0) is 30.7 Å². The van der Waals surface area contributed by atoms with Gasteiger partial charge in [-0.2, -0.15) is 0 Å². The number of halogens is 3. The minimum Gasteiger partial charge on any atom is -0.405 e. The third-order valence-electron chi connectivity index (χ3n) is 2.70. The van der Waals surface area contributed by atoms with Gasteiger partial charge in [0.05, 0.1) is 0 Å². The second-order valence-corrected chi connectivity index (χ2v) is 4.27. The lowest BCUT2D eigenvalue weighted by molar-refractivity contribution is -0.274. The molecule has 0 atom stereocenters. The van der Waals surface area contributed by atoms with Crippen LogP contribution in [0.5, 0.6) is 5.75 Å². The number of benzene rings is 2. The summed E-state index contributed by atoms with van der Waals surface area (Å²) in [6, 6.07) is 11.3. The van der Waals surface area contributed by atoms with Crippen LogP contribution < -0.4 is 4.74 Å². The van der Waals surface area contributed by atoms with E-state index in [2.05, 4.69) is 10.7 Å². The Bertz CT molecular complexity index is 666. The highest BCUT2D eigenvalue weighted by molar-refractivity contribution is 5.72. The van der Waals surface area contributed by atoms with Gasteiger partial charge >= 0.3 is 6.36 Å². The smallest absolute Gasteiger partial charge is 0.405 e. The fraction of sp³-hybridized carbons (Fsp3) is 0.125. The van der Waals surface area contributed by atoms with Crippen LogP contribution >= 0.6 is 0 Å². The molecule has 0 amide bonds. The molecule has 2 rings (SSSR count). The Morgan fingerprint density at radius 2 is 1.85 bits per heavy atom. The van der Waals surface area contributed by atoms with Gasteiger partial charge < -0.3 is 4.74 Å². The molecule has 0 aromatic heterocycles. The lowest BCUT2D eigenvalue weighted by Gasteiger charge is -2.14. The van der Waals surface area contributed by atoms with Gasteiger partial charge in [-0.1, -0.05) is 35.7 Å². The Kier molecular flexibility index (Phi) is 3.71. The van der Waals surface area contributed by atoms with E-state index in [4.69, 9.17) is 6.42 Å². The average molecular weight is 276 g/mol. The van der Waals surface area contributed by atoms with Gasteiger partial charge in [-0.25, -0.2) is 0 Å². The molecule has 4 heteroatoms. The van der Waals surface area contributed by atoms with E-state index in [1.165, 1.54) is 18.2 Å². The largest absolute Gasteiger partial charge is 0.573 e. The van der Waals surface area contributed by atoms with E-state index in [0.717, 1.165) is 5.56 Å². The predicted octanol–water partition coefficient (Wildman–Crippen LogP) is 4.54. The zero-order chi connectivity index (χ0) is 14.8. The minimum absolute atomic E-state index is 0.262. The molecular formula is C16H11F3O. The van der Waals surface area contributed by atoms with Crippen molar-refractivity contribution < 1.29 is 17.9 Å². The van der Waals surface area contributed by atoms with E-state index in [9.17, 15) is 13.2 Å². The first-order valence-corrected chi connectivity index (χ1v) is 5.82. The lowest BCUT2D eigenvalue weighted by atomic mass is 10.0. The first-order valence-electron chi connectivity index (χ1n) is 5.82. The highest BCUT2D eigenvalue weighted by Crippen LogP contribution is 2.34. The zero-order valence-electron chi connectivity index (χ0n) is 10.7. The summed E-state index contributed by atoms with van der Waals surface area (Å²) in [5.41, 5.74) is 2.38. The third-order valence-corrected chi connectivity index (χ3v) is 2.70. The summed E-state index contributed by atoms with van der Waals surface area (Å²) in [6.45, 7) is 1.86. The molecule has 0 N–H and O–H groups in total. The molecule has 0 bridgehead atoms. The summed E-state index contributed by atoms with van der Waals surface area (Å²) in [5, 5.41) is 0. The molecule has 102 valence electrons. The van der Waals surface area contributed by atoms with Crippen molar-refractivity contribution in [3.8, 4) is 29.2 Å². The van der Waals surface area contributed by atoms with Crippen LogP contribution in [0.4, 0.5) is 13.2 Å². The molecule has 0 radical (unpaired) electrons. The maximum atomic E-state index is 12.4. The molecule has 0 spiro atoms. The third kappa shape index (κ3) is 3.33. The normalized spacial score (nSPS) is 10.9. The van der Waals surface area contributed by atoms with Gasteiger partial charge in [0.1, 0.15) is 5.75 Å². The van der Waals surface area contributed by atoms with Crippen molar-refractivity contribution in [1.82, 2.24) is 0 Å². The van der Waals surface area contributed by atoms with Crippen LogP contribution in [0.25, 0.3) is 11.1 Å². The number of alkyl halides is 3. The molecule has 20 heavy (non-hydrogen) atoms. The molecule has 0 saturated heterocycles. The van der Waals surface area contributed by atoms with Gasteiger partial charge in [0.2, 0.25) is 0 Å². The maximum absolute atomic E-state index is 12.4. The van der Waals surface area contributed by atoms with Crippen LogP contribution in [-0.2, 0) is 0 Å². The molecule has 2 aromatic carbocycles. The fourth-order valence-electron chi connectivity index (χ4n) is 1.87. The first-order chi connectivity index (χ1) is 9.39. The van der Waals surface area contributed by atoms with Crippen molar-refractivity contribution in [2.24, 2.45) is 0 Å². The number of terminal acetylenes is 1. The number of ether oxygens (including phenoxy) is 1. The molecule has 2 aromatic rings. The Morgan fingerprint density at radius 3 is 2.45 bits per heavy atom. The highest BCUT2D eigenvalue weighted by Gasteiger charge is 2.32. The van der Waals surface area contributed by atoms with Crippen LogP contribution in [-0.4, -0.2) is 6.36 Å². The van der Waals surface area contributed by atoms with Crippen LogP contribution in [0, 0.1) is 19.3 Å². The monoisotopic (exact) mass is 276 g/mol. The Hall–Kier alpha value is -2.41. The fourth-order valence-corrected chi connectivity index (χ4v) is 1.87. The van der Waals surface area contributed by atoms with Gasteiger partial charge in [0, 0.05) is 11.1 Å². The van der Waals surface area contributed by atoms with Crippen LogP contribution in [0.2, 0.25) is 0 Å². The van der Waals surface area contributed by atoms with Crippen molar-refractivity contribution in [3.63, 3.8) is 0 Å². The number of rotatable bonds is 2. The zero-order valence-corrected chi connectivity index (χ0v) is 10.7. The minimum atomic E-state index is -4.74. The summed E-state index contributed by atoms with van der Waals surface area (Å²) in [4.78, 5) is 0. The lowest BCUT2D eigenvalue weighted by Crippen LogP contribution is -2.17. The van der Waals surface area contributed by atoms with E-state index in [1.807, 2.05) is 13.0 Å². The topological polar surface area (TPSA) is 9.23 Å². The van der Waals surface area contributed by atoms with E-state index in [-0.39, 0.29) is 5.75 Å². The Balaban J connectivity index is 2.56. The Morgan fingerprint density at radius 1 is 1.10 bits per heavy atom. The summed E-state index contributed by atoms with van der Waals surface area (Å²) >= 11 is 0. The summed E-state index contributed by atoms with van der Waals surface area (Å²) in [7, 11) is 0. The number of hydrogen-bond donors (Lipinski definition) is 0. The molecule has 0 fully saturated rings. The molecule has 0 aliphatic heterocycles. The van der Waals surface area contributed by atoms with Crippen LogP contribution in [0.15, 0.2) is 42.5 Å². The highest BCUT2D eigenvalue weighted by atomic mass is 19.4. The first kappa shape index (κ1) is 14.0. The van der Waals surface area contributed by atoms with Crippen molar-refractivity contribution in [2.75, 3.05) is 0 Å². The molecule has 0 aliphatic carbocycles. The standard InChI is InChI=1S/C16H11F3O/c1-3-12-7-8-15(20-16(17,18)19)14(10-12)13-6-4-5-11(2)9-13/h1,4-10H,2H3. The number of hydrogen-bond acceptors (Lipinski definition) is 1. The molecule has 0 aliphatic rings. The van der Waals surface area contributed by atoms with Crippen molar-refractivity contribution in [2.45, 2.75) is 13.3 Å². The van der Waals surface area contributed by atoms with Gasteiger partial charge in [-0.15, -0.1) is 19.6 Å². The van der Waals surface area contributed by atoms with Crippen molar-refractivity contribution >= 4 is 0 Å². The van der Waals surface area contributed by atoms with Crippen molar-refractivity contribution in [1.29, 1.82) is 0 Å². The molecular weight excluding hydrogens is 265 g/mol.